The van der Waals surface area contributed by atoms with Gasteiger partial charge >= 0.3 is 0 Å². The largest absolute Gasteiger partial charge is 0.506 e. The number of rotatable bonds is 7. The van der Waals surface area contributed by atoms with Crippen LogP contribution in [0.15, 0.2) is 36.9 Å². The number of hydrogen-bond donors (Lipinski definition) is 4. The monoisotopic (exact) mass is 195 g/mol. The van der Waals surface area contributed by atoms with Gasteiger partial charge in [-0.05, 0) is 12.6 Å². The Balaban J connectivity index is 4.04. The lowest BCUT2D eigenvalue weighted by Gasteiger charge is -2.08. The summed E-state index contributed by atoms with van der Waals surface area (Å²) in [5, 5.41) is 22.4. The molecule has 14 heavy (non-hydrogen) atoms. The standard InChI is InChI=1S/C10H17N3O/c1-4-9(11)6-10(14)8(3)13-7-12-5-2/h5-6,11-14H,2-4,7H2,1H3/b10-6+,11-9?. The van der Waals surface area contributed by atoms with Crippen molar-refractivity contribution in [3.63, 3.8) is 0 Å². The van der Waals surface area contributed by atoms with Crippen LogP contribution in [-0.2, 0) is 0 Å². The number of aliphatic hydroxyl groups excluding tert-OH is 1. The average molecular weight is 195 g/mol. The summed E-state index contributed by atoms with van der Waals surface area (Å²) >= 11 is 0. The van der Waals surface area contributed by atoms with Gasteiger partial charge in [-0.1, -0.05) is 20.1 Å². The molecular formula is C10H17N3O. The number of allylic oxidation sites excluding steroid dienone is 1. The maximum atomic E-state index is 9.42. The summed E-state index contributed by atoms with van der Waals surface area (Å²) in [6.45, 7) is 9.38. The van der Waals surface area contributed by atoms with Crippen molar-refractivity contribution in [3.8, 4) is 0 Å². The van der Waals surface area contributed by atoms with Gasteiger partial charge in [0.2, 0.25) is 0 Å². The molecule has 0 atom stereocenters. The van der Waals surface area contributed by atoms with Crippen LogP contribution in [0.2, 0.25) is 0 Å². The Morgan fingerprint density at radius 2 is 2.21 bits per heavy atom. The molecule has 0 heterocycles. The van der Waals surface area contributed by atoms with Gasteiger partial charge < -0.3 is 21.1 Å². The molecule has 0 aliphatic rings. The quantitative estimate of drug-likeness (QED) is 0.164. The van der Waals surface area contributed by atoms with E-state index in [1.165, 1.54) is 12.3 Å². The van der Waals surface area contributed by atoms with Crippen LogP contribution in [-0.4, -0.2) is 17.5 Å². The molecule has 0 saturated heterocycles. The maximum absolute atomic E-state index is 9.42. The second-order valence-electron chi connectivity index (χ2n) is 2.65. The number of aliphatic hydroxyl groups is 1. The highest BCUT2D eigenvalue weighted by molar-refractivity contribution is 5.92. The van der Waals surface area contributed by atoms with E-state index in [4.69, 9.17) is 5.41 Å². The summed E-state index contributed by atoms with van der Waals surface area (Å²) in [5.74, 6) is -0.0114. The van der Waals surface area contributed by atoms with Crippen LogP contribution in [0, 0.1) is 5.41 Å². The highest BCUT2D eigenvalue weighted by Crippen LogP contribution is 2.00. The van der Waals surface area contributed by atoms with Crippen molar-refractivity contribution in [3.05, 3.63) is 36.9 Å². The van der Waals surface area contributed by atoms with E-state index < -0.39 is 0 Å². The lowest BCUT2D eigenvalue weighted by Crippen LogP contribution is -2.25. The maximum Gasteiger partial charge on any atom is 0.139 e. The SMILES string of the molecule is C=CNCNC(=C)/C(O)=C\C(=N)CC. The molecular weight excluding hydrogens is 178 g/mol. The molecule has 4 N–H and O–H groups in total. The zero-order chi connectivity index (χ0) is 11.0. The van der Waals surface area contributed by atoms with Crippen LogP contribution in [0.4, 0.5) is 0 Å². The van der Waals surface area contributed by atoms with Crippen LogP contribution in [0.1, 0.15) is 13.3 Å². The van der Waals surface area contributed by atoms with Gasteiger partial charge in [0.05, 0.1) is 12.4 Å². The Bertz CT molecular complexity index is 256. The molecule has 0 aromatic heterocycles. The molecule has 0 rings (SSSR count). The van der Waals surface area contributed by atoms with E-state index in [1.807, 2.05) is 6.92 Å². The van der Waals surface area contributed by atoms with E-state index >= 15 is 0 Å². The summed E-state index contributed by atoms with van der Waals surface area (Å²) in [5.41, 5.74) is 0.750. The molecule has 0 unspecified atom stereocenters. The van der Waals surface area contributed by atoms with E-state index in [-0.39, 0.29) is 5.76 Å². The third-order valence-corrected chi connectivity index (χ3v) is 1.55. The molecule has 0 spiro atoms. The van der Waals surface area contributed by atoms with Crippen LogP contribution in [0.5, 0.6) is 0 Å². The first-order valence-corrected chi connectivity index (χ1v) is 4.37. The highest BCUT2D eigenvalue weighted by Gasteiger charge is 1.99. The Hall–Kier alpha value is -1.71. The van der Waals surface area contributed by atoms with Crippen LogP contribution >= 0.6 is 0 Å². The zero-order valence-electron chi connectivity index (χ0n) is 8.43. The Morgan fingerprint density at radius 3 is 2.71 bits per heavy atom. The van der Waals surface area contributed by atoms with E-state index in [2.05, 4.69) is 23.8 Å². The van der Waals surface area contributed by atoms with Gasteiger partial charge in [0.15, 0.2) is 0 Å². The predicted octanol–water partition coefficient (Wildman–Crippen LogP) is 1.65. The fraction of sp³-hybridized carbons (Fsp3) is 0.300. The molecule has 0 saturated carbocycles. The second kappa shape index (κ2) is 6.77. The van der Waals surface area contributed by atoms with Gasteiger partial charge in [0.1, 0.15) is 5.76 Å². The first kappa shape index (κ1) is 12.3. The molecule has 0 aliphatic heterocycles. The first-order chi connectivity index (χ1) is 6.61. The summed E-state index contributed by atoms with van der Waals surface area (Å²) in [7, 11) is 0. The molecule has 78 valence electrons. The van der Waals surface area contributed by atoms with E-state index in [0.717, 1.165) is 0 Å². The van der Waals surface area contributed by atoms with Crippen molar-refractivity contribution < 1.29 is 5.11 Å². The molecule has 4 heteroatoms. The van der Waals surface area contributed by atoms with E-state index in [0.29, 0.717) is 24.5 Å². The lowest BCUT2D eigenvalue weighted by molar-refractivity contribution is 0.414. The van der Waals surface area contributed by atoms with Crippen molar-refractivity contribution in [1.29, 1.82) is 5.41 Å². The smallest absolute Gasteiger partial charge is 0.139 e. The molecule has 4 nitrogen and oxygen atoms in total. The highest BCUT2D eigenvalue weighted by atomic mass is 16.3. The van der Waals surface area contributed by atoms with Gasteiger partial charge in [0, 0.05) is 11.8 Å². The van der Waals surface area contributed by atoms with Gasteiger partial charge in [-0.25, -0.2) is 0 Å². The topological polar surface area (TPSA) is 68.1 Å². The van der Waals surface area contributed by atoms with Gasteiger partial charge in [-0.15, -0.1) is 0 Å². The minimum Gasteiger partial charge on any atom is -0.506 e. The van der Waals surface area contributed by atoms with Crippen molar-refractivity contribution >= 4 is 5.71 Å². The molecule has 0 amide bonds. The number of nitrogens with one attached hydrogen (secondary N) is 3. The lowest BCUT2D eigenvalue weighted by atomic mass is 10.2. The molecule has 0 bridgehead atoms. The molecule has 0 aliphatic carbocycles. The Kier molecular flexibility index (Phi) is 5.94. The third kappa shape index (κ3) is 5.03. The molecule has 0 radical (unpaired) electrons. The Morgan fingerprint density at radius 1 is 1.57 bits per heavy atom. The minimum atomic E-state index is -0.0114. The predicted molar refractivity (Wildman–Crippen MR) is 59.2 cm³/mol. The minimum absolute atomic E-state index is 0.0114. The summed E-state index contributed by atoms with van der Waals surface area (Å²) in [4.78, 5) is 0. The normalized spacial score (nSPS) is 10.5. The molecule has 0 aromatic rings. The summed E-state index contributed by atoms with van der Waals surface area (Å²) in [6, 6.07) is 0. The second-order valence-corrected chi connectivity index (χ2v) is 2.65. The van der Waals surface area contributed by atoms with E-state index in [9.17, 15) is 5.11 Å². The Labute approximate surface area is 84.5 Å². The molecule has 0 aromatic carbocycles. The fourth-order valence-corrected chi connectivity index (χ4v) is 0.675. The van der Waals surface area contributed by atoms with Gasteiger partial charge in [0.25, 0.3) is 0 Å². The first-order valence-electron chi connectivity index (χ1n) is 4.37. The van der Waals surface area contributed by atoms with Crippen LogP contribution in [0.3, 0.4) is 0 Å². The molecule has 0 fully saturated rings. The van der Waals surface area contributed by atoms with Gasteiger partial charge in [-0.2, -0.15) is 0 Å². The van der Waals surface area contributed by atoms with Crippen LogP contribution < -0.4 is 10.6 Å². The van der Waals surface area contributed by atoms with Crippen molar-refractivity contribution in [2.45, 2.75) is 13.3 Å². The number of hydrogen-bond acceptors (Lipinski definition) is 4. The van der Waals surface area contributed by atoms with Crippen molar-refractivity contribution in [2.24, 2.45) is 0 Å². The third-order valence-electron chi connectivity index (χ3n) is 1.55. The van der Waals surface area contributed by atoms with Crippen molar-refractivity contribution in [2.75, 3.05) is 6.67 Å². The average Bonchev–Trinajstić information content (AvgIpc) is 2.17. The zero-order valence-corrected chi connectivity index (χ0v) is 8.43. The van der Waals surface area contributed by atoms with Gasteiger partial charge in [-0.3, -0.25) is 0 Å². The van der Waals surface area contributed by atoms with E-state index in [1.54, 1.807) is 0 Å². The summed E-state index contributed by atoms with van der Waals surface area (Å²) < 4.78 is 0. The fourth-order valence-electron chi connectivity index (χ4n) is 0.675. The van der Waals surface area contributed by atoms with Crippen molar-refractivity contribution in [1.82, 2.24) is 10.6 Å². The summed E-state index contributed by atoms with van der Waals surface area (Å²) in [6.07, 6.45) is 3.50. The van der Waals surface area contributed by atoms with Crippen LogP contribution in [0.25, 0.3) is 0 Å².